The van der Waals surface area contributed by atoms with Crippen LogP contribution < -0.4 is 16.0 Å². The van der Waals surface area contributed by atoms with Crippen LogP contribution in [0.25, 0.3) is 0 Å². The molecule has 0 aromatic carbocycles. The van der Waals surface area contributed by atoms with E-state index in [2.05, 4.69) is 20.9 Å². The predicted molar refractivity (Wildman–Crippen MR) is 98.8 cm³/mol. The lowest BCUT2D eigenvalue weighted by molar-refractivity contribution is -0.143. The molecule has 27 heavy (non-hydrogen) atoms. The molecule has 1 aliphatic heterocycles. The van der Waals surface area contributed by atoms with Crippen molar-refractivity contribution in [2.75, 3.05) is 33.2 Å². The maximum atomic E-state index is 12.5. The Morgan fingerprint density at radius 3 is 2.37 bits per heavy atom. The third-order valence-corrected chi connectivity index (χ3v) is 3.78. The van der Waals surface area contributed by atoms with Crippen LogP contribution in [0.15, 0.2) is 4.99 Å². The maximum Gasteiger partial charge on any atom is 0.408 e. The Morgan fingerprint density at radius 2 is 1.85 bits per heavy atom. The minimum atomic E-state index is -4.19. The van der Waals surface area contributed by atoms with Crippen LogP contribution in [0.2, 0.25) is 0 Å². The number of hydrogen-bond donors (Lipinski definition) is 3. The topological polar surface area (TPSA) is 78.0 Å². The number of likely N-dealkylation sites (tertiary alicyclic amines) is 1. The molecule has 0 saturated carbocycles. The Balaban J connectivity index is 2.44. The SMILES string of the molecule is CN=C(NCC(C)(C)NC(=O)OC(C)(C)C)NC1CCN(CC(F)(F)F)C1. The Morgan fingerprint density at radius 1 is 1.22 bits per heavy atom. The fourth-order valence-corrected chi connectivity index (χ4v) is 2.66. The summed E-state index contributed by atoms with van der Waals surface area (Å²) in [7, 11) is 1.59. The number of amides is 1. The van der Waals surface area contributed by atoms with E-state index < -0.39 is 30.0 Å². The molecule has 1 heterocycles. The number of nitrogens with one attached hydrogen (secondary N) is 3. The van der Waals surface area contributed by atoms with Gasteiger partial charge in [0.1, 0.15) is 5.60 Å². The maximum absolute atomic E-state index is 12.5. The smallest absolute Gasteiger partial charge is 0.408 e. The van der Waals surface area contributed by atoms with Gasteiger partial charge < -0.3 is 20.7 Å². The lowest BCUT2D eigenvalue weighted by Crippen LogP contribution is -2.55. The second-order valence-corrected chi connectivity index (χ2v) is 8.42. The van der Waals surface area contributed by atoms with Crippen molar-refractivity contribution < 1.29 is 22.7 Å². The van der Waals surface area contributed by atoms with E-state index in [9.17, 15) is 18.0 Å². The first-order chi connectivity index (χ1) is 12.2. The van der Waals surface area contributed by atoms with E-state index in [1.165, 1.54) is 4.90 Å². The normalized spacial score (nSPS) is 19.7. The summed E-state index contributed by atoms with van der Waals surface area (Å²) in [4.78, 5) is 17.4. The van der Waals surface area contributed by atoms with Gasteiger partial charge in [0.2, 0.25) is 0 Å². The largest absolute Gasteiger partial charge is 0.444 e. The molecule has 1 rings (SSSR count). The number of carbonyl (C=O) groups is 1. The summed E-state index contributed by atoms with van der Waals surface area (Å²) < 4.78 is 42.7. The van der Waals surface area contributed by atoms with E-state index in [-0.39, 0.29) is 6.04 Å². The second kappa shape index (κ2) is 8.99. The summed E-state index contributed by atoms with van der Waals surface area (Å²) in [5.41, 5.74) is -1.20. The molecule has 0 radical (unpaired) electrons. The number of ether oxygens (including phenoxy) is 1. The molecule has 0 aromatic rings. The number of rotatable bonds is 5. The summed E-state index contributed by atoms with van der Waals surface area (Å²) >= 11 is 0. The molecule has 1 amide bonds. The van der Waals surface area contributed by atoms with Gasteiger partial charge in [0.15, 0.2) is 5.96 Å². The molecule has 1 saturated heterocycles. The Bertz CT molecular complexity index is 530. The van der Waals surface area contributed by atoms with Crippen LogP contribution in [0.4, 0.5) is 18.0 Å². The third-order valence-electron chi connectivity index (χ3n) is 3.78. The Kier molecular flexibility index (Phi) is 7.76. The van der Waals surface area contributed by atoms with Crippen molar-refractivity contribution in [2.45, 2.75) is 64.4 Å². The lowest BCUT2D eigenvalue weighted by Gasteiger charge is -2.29. The Labute approximate surface area is 159 Å². The predicted octanol–water partition coefficient (Wildman–Crippen LogP) is 2.09. The fourth-order valence-electron chi connectivity index (χ4n) is 2.66. The number of halogens is 3. The number of guanidine groups is 1. The van der Waals surface area contributed by atoms with Crippen LogP contribution >= 0.6 is 0 Å². The van der Waals surface area contributed by atoms with Crippen molar-refractivity contribution in [1.82, 2.24) is 20.9 Å². The number of hydrogen-bond acceptors (Lipinski definition) is 4. The van der Waals surface area contributed by atoms with Gasteiger partial charge in [0, 0.05) is 32.7 Å². The van der Waals surface area contributed by atoms with Gasteiger partial charge in [-0.05, 0) is 41.0 Å². The number of nitrogens with zero attached hydrogens (tertiary/aromatic N) is 2. The highest BCUT2D eigenvalue weighted by Crippen LogP contribution is 2.19. The van der Waals surface area contributed by atoms with Crippen molar-refractivity contribution in [1.29, 1.82) is 0 Å². The fraction of sp³-hybridized carbons (Fsp3) is 0.882. The highest BCUT2D eigenvalue weighted by atomic mass is 19.4. The Hall–Kier alpha value is -1.71. The molecular weight excluding hydrogens is 363 g/mol. The first kappa shape index (κ1) is 23.3. The molecule has 10 heteroatoms. The summed E-state index contributed by atoms with van der Waals surface area (Å²) in [5.74, 6) is 0.480. The highest BCUT2D eigenvalue weighted by Gasteiger charge is 2.34. The van der Waals surface area contributed by atoms with Gasteiger partial charge in [-0.25, -0.2) is 4.79 Å². The number of aliphatic imine (C=N–C) groups is 1. The van der Waals surface area contributed by atoms with Crippen LogP contribution in [0.5, 0.6) is 0 Å². The first-order valence-corrected chi connectivity index (χ1v) is 8.96. The lowest BCUT2D eigenvalue weighted by atomic mass is 10.1. The summed E-state index contributed by atoms with van der Waals surface area (Å²) in [5, 5.41) is 9.01. The molecule has 7 nitrogen and oxygen atoms in total. The van der Waals surface area contributed by atoms with Crippen molar-refractivity contribution in [2.24, 2.45) is 4.99 Å². The highest BCUT2D eigenvalue weighted by molar-refractivity contribution is 5.80. The van der Waals surface area contributed by atoms with E-state index >= 15 is 0 Å². The van der Waals surface area contributed by atoms with Gasteiger partial charge in [0.05, 0.1) is 12.1 Å². The second-order valence-electron chi connectivity index (χ2n) is 8.42. The van der Waals surface area contributed by atoms with Crippen molar-refractivity contribution in [3.05, 3.63) is 0 Å². The van der Waals surface area contributed by atoms with Gasteiger partial charge >= 0.3 is 12.3 Å². The average Bonchev–Trinajstić information content (AvgIpc) is 2.85. The molecule has 1 aliphatic rings. The van der Waals surface area contributed by atoms with E-state index in [0.29, 0.717) is 32.0 Å². The van der Waals surface area contributed by atoms with Crippen LogP contribution in [0.1, 0.15) is 41.0 Å². The van der Waals surface area contributed by atoms with E-state index in [4.69, 9.17) is 4.74 Å². The van der Waals surface area contributed by atoms with Gasteiger partial charge in [-0.15, -0.1) is 0 Å². The van der Waals surface area contributed by atoms with Crippen LogP contribution in [0.3, 0.4) is 0 Å². The summed E-state index contributed by atoms with van der Waals surface area (Å²) in [6, 6.07) is -0.111. The van der Waals surface area contributed by atoms with Crippen LogP contribution in [-0.2, 0) is 4.74 Å². The molecule has 3 N–H and O–H groups in total. The molecule has 0 aromatic heterocycles. The van der Waals surface area contributed by atoms with Crippen molar-refractivity contribution >= 4 is 12.1 Å². The van der Waals surface area contributed by atoms with Gasteiger partial charge in [0.25, 0.3) is 0 Å². The molecule has 0 bridgehead atoms. The summed E-state index contributed by atoms with van der Waals surface area (Å²) in [6.07, 6.45) is -4.10. The average molecular weight is 395 g/mol. The molecule has 0 spiro atoms. The number of alkyl halides is 3. The third kappa shape index (κ3) is 10.3. The van der Waals surface area contributed by atoms with E-state index in [0.717, 1.165) is 0 Å². The van der Waals surface area contributed by atoms with Gasteiger partial charge in [-0.3, -0.25) is 9.89 Å². The quantitative estimate of drug-likeness (QED) is 0.491. The molecule has 1 unspecified atom stereocenters. The zero-order valence-corrected chi connectivity index (χ0v) is 17.0. The van der Waals surface area contributed by atoms with Gasteiger partial charge in [-0.2, -0.15) is 13.2 Å². The van der Waals surface area contributed by atoms with Crippen LogP contribution in [-0.4, -0.2) is 73.5 Å². The molecule has 1 fully saturated rings. The monoisotopic (exact) mass is 395 g/mol. The first-order valence-electron chi connectivity index (χ1n) is 8.96. The minimum absolute atomic E-state index is 0.111. The zero-order chi connectivity index (χ0) is 20.9. The molecule has 0 aliphatic carbocycles. The minimum Gasteiger partial charge on any atom is -0.444 e. The number of alkyl carbamates (subject to hydrolysis) is 1. The van der Waals surface area contributed by atoms with E-state index in [1.54, 1.807) is 27.8 Å². The van der Waals surface area contributed by atoms with Crippen LogP contribution in [0, 0.1) is 0 Å². The summed E-state index contributed by atoms with van der Waals surface area (Å²) in [6.45, 7) is 9.18. The van der Waals surface area contributed by atoms with Gasteiger partial charge in [-0.1, -0.05) is 0 Å². The van der Waals surface area contributed by atoms with E-state index in [1.807, 2.05) is 13.8 Å². The molecule has 158 valence electrons. The van der Waals surface area contributed by atoms with Crippen molar-refractivity contribution in [3.8, 4) is 0 Å². The molecule has 1 atom stereocenters. The standard InChI is InChI=1S/C17H32F3N5O2/c1-15(2,3)27-14(26)24-16(4,5)10-22-13(21-6)23-12-7-8-25(9-12)11-17(18,19)20/h12H,7-11H2,1-6H3,(H,24,26)(H2,21,22,23). The zero-order valence-electron chi connectivity index (χ0n) is 17.0. The number of carbonyl (C=O) groups excluding carboxylic acids is 1. The van der Waals surface area contributed by atoms with Crippen molar-refractivity contribution in [3.63, 3.8) is 0 Å². The molecular formula is C17H32F3N5O2.